The third-order valence-corrected chi connectivity index (χ3v) is 5.49. The van der Waals surface area contributed by atoms with Crippen molar-refractivity contribution >= 4 is 0 Å². The van der Waals surface area contributed by atoms with Crippen molar-refractivity contribution in [1.82, 2.24) is 30.1 Å². The number of benzene rings is 2. The molecule has 0 fully saturated rings. The zero-order valence-electron chi connectivity index (χ0n) is 19.1. The highest BCUT2D eigenvalue weighted by Crippen LogP contribution is 2.30. The molecule has 5 aromatic rings. The van der Waals surface area contributed by atoms with Gasteiger partial charge in [0.1, 0.15) is 23.0 Å². The SMILES string of the molecule is COc1ccc(-c2nc(Cn3nnc(-c4nc(-c5ccccc5OC)no4)c3C)c(C)o2)cc1. The van der Waals surface area contributed by atoms with Gasteiger partial charge >= 0.3 is 0 Å². The van der Waals surface area contributed by atoms with Gasteiger partial charge in [0, 0.05) is 5.56 Å². The van der Waals surface area contributed by atoms with E-state index >= 15 is 0 Å². The first-order valence-corrected chi connectivity index (χ1v) is 10.6. The van der Waals surface area contributed by atoms with Gasteiger partial charge in [0.25, 0.3) is 5.89 Å². The Labute approximate surface area is 195 Å². The van der Waals surface area contributed by atoms with Crippen molar-refractivity contribution in [2.24, 2.45) is 0 Å². The number of rotatable bonds is 7. The van der Waals surface area contributed by atoms with Gasteiger partial charge < -0.3 is 18.4 Å². The van der Waals surface area contributed by atoms with Crippen molar-refractivity contribution in [3.63, 3.8) is 0 Å². The van der Waals surface area contributed by atoms with E-state index in [2.05, 4.69) is 25.4 Å². The van der Waals surface area contributed by atoms with Crippen LogP contribution in [0.3, 0.4) is 0 Å². The van der Waals surface area contributed by atoms with Crippen molar-refractivity contribution in [2.45, 2.75) is 20.4 Å². The summed E-state index contributed by atoms with van der Waals surface area (Å²) in [6.07, 6.45) is 0. The molecule has 0 bridgehead atoms. The molecule has 34 heavy (non-hydrogen) atoms. The largest absolute Gasteiger partial charge is 0.497 e. The molecule has 0 N–H and O–H groups in total. The molecule has 0 atom stereocenters. The molecule has 0 amide bonds. The minimum Gasteiger partial charge on any atom is -0.497 e. The molecule has 2 aromatic carbocycles. The summed E-state index contributed by atoms with van der Waals surface area (Å²) in [6.45, 7) is 4.15. The Morgan fingerprint density at radius 3 is 2.47 bits per heavy atom. The normalized spacial score (nSPS) is 11.1. The van der Waals surface area contributed by atoms with Crippen LogP contribution in [0.4, 0.5) is 0 Å². The lowest BCUT2D eigenvalue weighted by atomic mass is 10.2. The quantitative estimate of drug-likeness (QED) is 0.351. The Hall–Kier alpha value is -4.47. The van der Waals surface area contributed by atoms with E-state index in [-0.39, 0.29) is 5.89 Å². The summed E-state index contributed by atoms with van der Waals surface area (Å²) in [5.41, 5.74) is 3.62. The lowest BCUT2D eigenvalue weighted by Gasteiger charge is -2.03. The molecule has 0 aliphatic heterocycles. The number of ether oxygens (including phenoxy) is 2. The Morgan fingerprint density at radius 1 is 0.912 bits per heavy atom. The van der Waals surface area contributed by atoms with Crippen LogP contribution in [0.15, 0.2) is 57.5 Å². The van der Waals surface area contributed by atoms with Gasteiger partial charge in [0.05, 0.1) is 32.0 Å². The maximum atomic E-state index is 5.89. The fourth-order valence-electron chi connectivity index (χ4n) is 3.54. The van der Waals surface area contributed by atoms with E-state index in [4.69, 9.17) is 18.4 Å². The zero-order valence-corrected chi connectivity index (χ0v) is 19.1. The number of aryl methyl sites for hydroxylation is 1. The molecule has 0 aliphatic rings. The van der Waals surface area contributed by atoms with Gasteiger partial charge in [-0.1, -0.05) is 22.5 Å². The Morgan fingerprint density at radius 2 is 1.71 bits per heavy atom. The van der Waals surface area contributed by atoms with Crippen molar-refractivity contribution < 1.29 is 18.4 Å². The van der Waals surface area contributed by atoms with E-state index in [1.54, 1.807) is 18.9 Å². The molecule has 3 aromatic heterocycles. The van der Waals surface area contributed by atoms with E-state index in [1.807, 2.05) is 62.4 Å². The summed E-state index contributed by atoms with van der Waals surface area (Å²) in [7, 11) is 3.23. The lowest BCUT2D eigenvalue weighted by Crippen LogP contribution is -2.05. The number of hydrogen-bond donors (Lipinski definition) is 0. The number of para-hydroxylation sites is 1. The van der Waals surface area contributed by atoms with Gasteiger partial charge in [-0.3, -0.25) is 0 Å². The Balaban J connectivity index is 1.39. The first-order valence-electron chi connectivity index (χ1n) is 10.6. The first kappa shape index (κ1) is 21.4. The van der Waals surface area contributed by atoms with Crippen LogP contribution in [0.5, 0.6) is 11.5 Å². The number of aromatic nitrogens is 6. The molecule has 0 saturated carbocycles. The predicted octanol–water partition coefficient (Wildman–Crippen LogP) is 4.33. The molecule has 0 unspecified atom stereocenters. The molecular formula is C24H22N6O4. The topological polar surface area (TPSA) is 114 Å². The molecule has 5 rings (SSSR count). The van der Waals surface area contributed by atoms with E-state index in [9.17, 15) is 0 Å². The van der Waals surface area contributed by atoms with Gasteiger partial charge in [-0.2, -0.15) is 4.98 Å². The minimum atomic E-state index is 0.278. The molecule has 0 spiro atoms. The number of hydrogen-bond acceptors (Lipinski definition) is 9. The van der Waals surface area contributed by atoms with Crippen molar-refractivity contribution in [3.8, 4) is 45.9 Å². The fraction of sp³-hybridized carbons (Fsp3) is 0.208. The zero-order chi connectivity index (χ0) is 23.7. The fourth-order valence-corrected chi connectivity index (χ4v) is 3.54. The van der Waals surface area contributed by atoms with Crippen LogP contribution < -0.4 is 9.47 Å². The molecule has 172 valence electrons. The molecule has 0 aliphatic carbocycles. The Bertz CT molecular complexity index is 1430. The van der Waals surface area contributed by atoms with Crippen molar-refractivity contribution in [3.05, 3.63) is 65.7 Å². The molecule has 10 nitrogen and oxygen atoms in total. The van der Waals surface area contributed by atoms with Crippen molar-refractivity contribution in [1.29, 1.82) is 0 Å². The lowest BCUT2D eigenvalue weighted by molar-refractivity contribution is 0.413. The third-order valence-electron chi connectivity index (χ3n) is 5.49. The van der Waals surface area contributed by atoms with Gasteiger partial charge in [0.15, 0.2) is 5.69 Å². The van der Waals surface area contributed by atoms with Gasteiger partial charge in [0.2, 0.25) is 11.7 Å². The summed E-state index contributed by atoms with van der Waals surface area (Å²) < 4.78 is 23.7. The summed E-state index contributed by atoms with van der Waals surface area (Å²) in [5, 5.41) is 12.6. The number of nitrogens with zero attached hydrogens (tertiary/aromatic N) is 6. The van der Waals surface area contributed by atoms with Crippen LogP contribution in [0, 0.1) is 13.8 Å². The molecular weight excluding hydrogens is 436 g/mol. The monoisotopic (exact) mass is 458 g/mol. The van der Waals surface area contributed by atoms with Crippen molar-refractivity contribution in [2.75, 3.05) is 14.2 Å². The smallest absolute Gasteiger partial charge is 0.280 e. The number of methoxy groups -OCH3 is 2. The predicted molar refractivity (Wildman–Crippen MR) is 122 cm³/mol. The summed E-state index contributed by atoms with van der Waals surface area (Å²) in [5.74, 6) is 3.36. The van der Waals surface area contributed by atoms with E-state index in [0.29, 0.717) is 35.5 Å². The summed E-state index contributed by atoms with van der Waals surface area (Å²) in [6, 6.07) is 15.0. The number of oxazole rings is 1. The summed E-state index contributed by atoms with van der Waals surface area (Å²) >= 11 is 0. The first-order chi connectivity index (χ1) is 16.6. The maximum Gasteiger partial charge on any atom is 0.280 e. The Kier molecular flexibility index (Phi) is 5.54. The van der Waals surface area contributed by atoms with Crippen LogP contribution in [0.1, 0.15) is 17.1 Å². The average Bonchev–Trinajstić information content (AvgIpc) is 3.59. The van der Waals surface area contributed by atoms with Crippen LogP contribution >= 0.6 is 0 Å². The molecule has 0 saturated heterocycles. The average molecular weight is 458 g/mol. The van der Waals surface area contributed by atoms with Gasteiger partial charge in [-0.25, -0.2) is 9.67 Å². The van der Waals surface area contributed by atoms with E-state index < -0.39 is 0 Å². The third kappa shape index (κ3) is 3.90. The van der Waals surface area contributed by atoms with Gasteiger partial charge in [-0.15, -0.1) is 5.10 Å². The van der Waals surface area contributed by atoms with E-state index in [1.165, 1.54) is 0 Å². The molecule has 10 heteroatoms. The maximum absolute atomic E-state index is 5.89. The molecule has 3 heterocycles. The standard InChI is InChI=1S/C24H22N6O4/c1-14-21(24-26-22(28-34-24)18-7-5-6-8-20(18)32-4)27-29-30(14)13-19-15(2)33-23(25-19)16-9-11-17(31-3)12-10-16/h5-12H,13H2,1-4H3. The van der Waals surface area contributed by atoms with Crippen LogP contribution in [0.25, 0.3) is 34.4 Å². The second kappa shape index (κ2) is 8.81. The highest BCUT2D eigenvalue weighted by atomic mass is 16.5. The van der Waals surface area contributed by atoms with Gasteiger partial charge in [-0.05, 0) is 50.2 Å². The van der Waals surface area contributed by atoms with Crippen LogP contribution in [-0.4, -0.2) is 44.3 Å². The minimum absolute atomic E-state index is 0.278. The molecule has 0 radical (unpaired) electrons. The highest BCUT2D eigenvalue weighted by Gasteiger charge is 2.21. The second-order valence-electron chi connectivity index (χ2n) is 7.55. The summed E-state index contributed by atoms with van der Waals surface area (Å²) in [4.78, 5) is 9.15. The van der Waals surface area contributed by atoms with E-state index in [0.717, 1.165) is 28.3 Å². The second-order valence-corrected chi connectivity index (χ2v) is 7.55. The highest BCUT2D eigenvalue weighted by molar-refractivity contribution is 5.65. The van der Waals surface area contributed by atoms with Crippen LogP contribution in [0.2, 0.25) is 0 Å². The van der Waals surface area contributed by atoms with Crippen LogP contribution in [-0.2, 0) is 6.54 Å².